The first-order chi connectivity index (χ1) is 23.5. The zero-order valence-corrected chi connectivity index (χ0v) is 28.1. The van der Waals surface area contributed by atoms with Gasteiger partial charge in [0.05, 0.1) is 7.11 Å². The van der Waals surface area contributed by atoms with E-state index in [1.165, 1.54) is 48.1 Å². The molecule has 1 aliphatic carbocycles. The summed E-state index contributed by atoms with van der Waals surface area (Å²) in [5.41, 5.74) is 5.74. The highest BCUT2D eigenvalue weighted by Crippen LogP contribution is 2.47. The first-order valence-electron chi connectivity index (χ1n) is 17.7. The topological polar surface area (TPSA) is 41.6 Å². The molecule has 0 radical (unpaired) electrons. The van der Waals surface area contributed by atoms with Crippen molar-refractivity contribution >= 4 is 5.91 Å². The van der Waals surface area contributed by atoms with E-state index in [-0.39, 0.29) is 23.0 Å². The molecule has 4 nitrogen and oxygen atoms in total. The summed E-state index contributed by atoms with van der Waals surface area (Å²) in [6.45, 7) is 2.52. The molecule has 6 heteroatoms. The number of fused-ring (bicyclic) bond motifs is 1. The van der Waals surface area contributed by atoms with Crippen LogP contribution >= 0.6 is 0 Å². The van der Waals surface area contributed by atoms with Crippen molar-refractivity contribution in [3.05, 3.63) is 137 Å². The van der Waals surface area contributed by atoms with E-state index in [1.807, 2.05) is 6.07 Å². The Labute approximate surface area is 284 Å². The number of methoxy groups -OCH3 is 1. The van der Waals surface area contributed by atoms with Gasteiger partial charge in [-0.3, -0.25) is 9.69 Å². The van der Waals surface area contributed by atoms with Crippen LogP contribution in [0.3, 0.4) is 0 Å². The van der Waals surface area contributed by atoms with Crippen molar-refractivity contribution in [2.75, 3.05) is 26.7 Å². The summed E-state index contributed by atoms with van der Waals surface area (Å²) < 4.78 is 33.4. The van der Waals surface area contributed by atoms with Crippen LogP contribution in [0.2, 0.25) is 0 Å². The van der Waals surface area contributed by atoms with Crippen LogP contribution in [-0.2, 0) is 23.1 Å². The van der Waals surface area contributed by atoms with Gasteiger partial charge in [-0.05, 0) is 116 Å². The molecule has 1 fully saturated rings. The Morgan fingerprint density at radius 1 is 0.896 bits per heavy atom. The average Bonchev–Trinajstić information content (AvgIpc) is 3.09. The predicted molar refractivity (Wildman–Crippen MR) is 188 cm³/mol. The molecule has 4 aromatic carbocycles. The number of hydrogen-bond acceptors (Lipinski definition) is 3. The van der Waals surface area contributed by atoms with Crippen molar-refractivity contribution in [3.63, 3.8) is 0 Å². The standard InChI is InChI=1S/C42H48F2N2O2/c1-48-39-30-37-33(29-38(39)44)23-28-46(41(37)32-11-8-12-32)27-10-25-42(34-13-4-2-5-14-34,35-15-6-3-7-16-35)24-9-26-45-40(47)22-19-31-17-20-36(43)21-18-31/h2-7,13-18,20-21,29-30,32,41H,8-12,19,22-28H2,1H3,(H,45,47). The van der Waals surface area contributed by atoms with Gasteiger partial charge in [0.15, 0.2) is 11.6 Å². The summed E-state index contributed by atoms with van der Waals surface area (Å²) in [6, 6.07) is 32.0. The minimum atomic E-state index is -0.267. The number of nitrogens with one attached hydrogen (secondary N) is 1. The number of carbonyl (C=O) groups excluding carboxylic acids is 1. The highest BCUT2D eigenvalue weighted by Gasteiger charge is 2.38. The molecule has 0 saturated heterocycles. The fraction of sp³-hybridized carbons (Fsp3) is 0.405. The fourth-order valence-corrected chi connectivity index (χ4v) is 8.00. The Kier molecular flexibility index (Phi) is 11.2. The van der Waals surface area contributed by atoms with Gasteiger partial charge in [-0.15, -0.1) is 0 Å². The maximum Gasteiger partial charge on any atom is 0.220 e. The van der Waals surface area contributed by atoms with Gasteiger partial charge in [-0.25, -0.2) is 8.78 Å². The number of carbonyl (C=O) groups is 1. The Balaban J connectivity index is 1.16. The number of amides is 1. The Hall–Kier alpha value is -4.03. The molecule has 252 valence electrons. The molecular weight excluding hydrogens is 602 g/mol. The summed E-state index contributed by atoms with van der Waals surface area (Å²) in [7, 11) is 1.55. The largest absolute Gasteiger partial charge is 0.494 e. The summed E-state index contributed by atoms with van der Waals surface area (Å²) in [5.74, 6) is 0.429. The predicted octanol–water partition coefficient (Wildman–Crippen LogP) is 8.97. The van der Waals surface area contributed by atoms with E-state index < -0.39 is 0 Å². The number of nitrogens with zero attached hydrogens (tertiary/aromatic N) is 1. The van der Waals surface area contributed by atoms with Crippen LogP contribution in [0.1, 0.15) is 85.2 Å². The minimum Gasteiger partial charge on any atom is -0.494 e. The lowest BCUT2D eigenvalue weighted by molar-refractivity contribution is -0.121. The van der Waals surface area contributed by atoms with Crippen molar-refractivity contribution in [2.45, 2.75) is 75.7 Å². The molecule has 0 aromatic heterocycles. The van der Waals surface area contributed by atoms with E-state index in [0.717, 1.165) is 56.3 Å². The molecule has 1 N–H and O–H groups in total. The molecule has 0 spiro atoms. The van der Waals surface area contributed by atoms with Crippen LogP contribution in [0, 0.1) is 17.6 Å². The maximum absolute atomic E-state index is 14.7. The smallest absolute Gasteiger partial charge is 0.220 e. The number of hydrogen-bond donors (Lipinski definition) is 1. The van der Waals surface area contributed by atoms with Crippen molar-refractivity contribution in [2.24, 2.45) is 5.92 Å². The first-order valence-corrected chi connectivity index (χ1v) is 17.7. The SMILES string of the molecule is COc1cc2c(cc1F)CCN(CCCC(CCCNC(=O)CCc1ccc(F)cc1)(c1ccccc1)c1ccccc1)C2C1CCC1. The molecule has 1 unspecified atom stereocenters. The zero-order chi connectivity index (χ0) is 33.3. The quantitative estimate of drug-likeness (QED) is 0.131. The zero-order valence-electron chi connectivity index (χ0n) is 28.1. The lowest BCUT2D eigenvalue weighted by Gasteiger charge is -2.45. The second kappa shape index (κ2) is 15.9. The normalized spacial score (nSPS) is 16.6. The molecule has 2 aliphatic rings. The number of rotatable bonds is 15. The van der Waals surface area contributed by atoms with E-state index in [2.05, 4.69) is 70.9 Å². The third-order valence-electron chi connectivity index (χ3n) is 10.7. The molecule has 1 aliphatic heterocycles. The van der Waals surface area contributed by atoms with Gasteiger partial charge >= 0.3 is 0 Å². The van der Waals surface area contributed by atoms with Crippen LogP contribution < -0.4 is 10.1 Å². The highest BCUT2D eigenvalue weighted by molar-refractivity contribution is 5.76. The second-order valence-corrected chi connectivity index (χ2v) is 13.6. The van der Waals surface area contributed by atoms with Crippen LogP contribution in [0.25, 0.3) is 0 Å². The number of halogens is 2. The number of aryl methyl sites for hydroxylation is 1. The third-order valence-corrected chi connectivity index (χ3v) is 10.7. The van der Waals surface area contributed by atoms with Gasteiger partial charge in [-0.1, -0.05) is 79.2 Å². The number of benzene rings is 4. The average molecular weight is 651 g/mol. The summed E-state index contributed by atoms with van der Waals surface area (Å²) in [6.07, 6.45) is 9.27. The Morgan fingerprint density at radius 2 is 1.56 bits per heavy atom. The van der Waals surface area contributed by atoms with E-state index in [4.69, 9.17) is 4.74 Å². The molecule has 1 heterocycles. The molecule has 1 atom stereocenters. The van der Waals surface area contributed by atoms with E-state index >= 15 is 0 Å². The van der Waals surface area contributed by atoms with E-state index in [9.17, 15) is 13.6 Å². The van der Waals surface area contributed by atoms with Crippen molar-refractivity contribution < 1.29 is 18.3 Å². The number of ether oxygens (including phenoxy) is 1. The lowest BCUT2D eigenvalue weighted by atomic mass is 9.68. The first kappa shape index (κ1) is 33.9. The van der Waals surface area contributed by atoms with Gasteiger partial charge in [0.25, 0.3) is 0 Å². The molecular formula is C42H48F2N2O2. The van der Waals surface area contributed by atoms with Crippen molar-refractivity contribution in [1.82, 2.24) is 10.2 Å². The molecule has 1 amide bonds. The second-order valence-electron chi connectivity index (χ2n) is 13.6. The lowest BCUT2D eigenvalue weighted by Crippen LogP contribution is -2.42. The summed E-state index contributed by atoms with van der Waals surface area (Å²) in [4.78, 5) is 15.4. The van der Waals surface area contributed by atoms with E-state index in [0.29, 0.717) is 37.1 Å². The van der Waals surface area contributed by atoms with Crippen molar-refractivity contribution in [1.29, 1.82) is 0 Å². The molecule has 6 rings (SSSR count). The van der Waals surface area contributed by atoms with E-state index in [1.54, 1.807) is 25.3 Å². The molecule has 0 bridgehead atoms. The van der Waals surface area contributed by atoms with Crippen LogP contribution in [-0.4, -0.2) is 37.6 Å². The van der Waals surface area contributed by atoms with Crippen molar-refractivity contribution in [3.8, 4) is 5.75 Å². The monoisotopic (exact) mass is 650 g/mol. The highest BCUT2D eigenvalue weighted by atomic mass is 19.1. The maximum atomic E-state index is 14.7. The summed E-state index contributed by atoms with van der Waals surface area (Å²) >= 11 is 0. The fourth-order valence-electron chi connectivity index (χ4n) is 8.00. The van der Waals surface area contributed by atoms with Gasteiger partial charge in [0.2, 0.25) is 5.91 Å². The van der Waals surface area contributed by atoms with Crippen LogP contribution in [0.15, 0.2) is 97.1 Å². The molecule has 1 saturated carbocycles. The van der Waals surface area contributed by atoms with Crippen LogP contribution in [0.5, 0.6) is 5.75 Å². The van der Waals surface area contributed by atoms with Gasteiger partial charge in [0, 0.05) is 31.0 Å². The van der Waals surface area contributed by atoms with Gasteiger partial charge < -0.3 is 10.1 Å². The Bertz CT molecular complexity index is 1580. The van der Waals surface area contributed by atoms with Gasteiger partial charge in [-0.2, -0.15) is 0 Å². The van der Waals surface area contributed by atoms with Crippen LogP contribution in [0.4, 0.5) is 8.78 Å². The third kappa shape index (κ3) is 7.81. The summed E-state index contributed by atoms with van der Waals surface area (Å²) in [5, 5.41) is 3.14. The minimum absolute atomic E-state index is 0.0216. The Morgan fingerprint density at radius 3 is 2.19 bits per heavy atom. The molecule has 4 aromatic rings. The molecule has 48 heavy (non-hydrogen) atoms. The van der Waals surface area contributed by atoms with Gasteiger partial charge in [0.1, 0.15) is 5.82 Å².